The lowest BCUT2D eigenvalue weighted by molar-refractivity contribution is 0.413. The summed E-state index contributed by atoms with van der Waals surface area (Å²) in [6.07, 6.45) is 2.33. The maximum atomic E-state index is 5.32. The minimum atomic E-state index is 0.444. The molecule has 1 heterocycles. The molecule has 2 aromatic rings. The molecule has 2 nitrogen and oxygen atoms in total. The number of thiophene rings is 1. The zero-order valence-electron chi connectivity index (χ0n) is 10.8. The van der Waals surface area contributed by atoms with Gasteiger partial charge in [0, 0.05) is 21.9 Å². The highest BCUT2D eigenvalue weighted by Gasteiger charge is 2.22. The molecule has 1 N–H and O–H groups in total. The fraction of sp³-hybridized carbons (Fsp3) is 0.333. The van der Waals surface area contributed by atoms with Gasteiger partial charge >= 0.3 is 0 Å². The lowest BCUT2D eigenvalue weighted by Crippen LogP contribution is -2.18. The van der Waals surface area contributed by atoms with Gasteiger partial charge in [-0.05, 0) is 63.5 Å². The number of hydrogen-bond acceptors (Lipinski definition) is 3. The van der Waals surface area contributed by atoms with Gasteiger partial charge in [0.2, 0.25) is 0 Å². The van der Waals surface area contributed by atoms with Gasteiger partial charge in [-0.3, -0.25) is 0 Å². The lowest BCUT2D eigenvalue weighted by Gasteiger charge is -2.14. The smallest absolute Gasteiger partial charge is 0.119 e. The van der Waals surface area contributed by atoms with Crippen LogP contribution in [0.3, 0.4) is 0 Å². The van der Waals surface area contributed by atoms with Gasteiger partial charge in [-0.15, -0.1) is 11.3 Å². The average Bonchev–Trinajstić information content (AvgIpc) is 3.02. The Labute approximate surface area is 125 Å². The van der Waals surface area contributed by atoms with Crippen LogP contribution in [0.4, 0.5) is 0 Å². The standard InChI is InChI=1S/C15H16BrNOS/c1-18-11-4-2-10-3-5-14(12(10)8-11)17-9-15-13(16)6-7-19-15/h2,4,6-8,14,17H,3,5,9H2,1H3. The Kier molecular flexibility index (Phi) is 3.91. The molecule has 0 spiro atoms. The summed E-state index contributed by atoms with van der Waals surface area (Å²) in [5, 5.41) is 5.77. The van der Waals surface area contributed by atoms with Crippen LogP contribution in [0.25, 0.3) is 0 Å². The van der Waals surface area contributed by atoms with Crippen molar-refractivity contribution >= 4 is 27.3 Å². The fourth-order valence-corrected chi connectivity index (χ4v) is 4.03. The number of benzene rings is 1. The molecule has 3 rings (SSSR count). The van der Waals surface area contributed by atoms with Crippen LogP contribution in [-0.2, 0) is 13.0 Å². The van der Waals surface area contributed by atoms with E-state index in [4.69, 9.17) is 4.74 Å². The van der Waals surface area contributed by atoms with Crippen molar-refractivity contribution in [1.29, 1.82) is 0 Å². The minimum absolute atomic E-state index is 0.444. The summed E-state index contributed by atoms with van der Waals surface area (Å²) in [5.74, 6) is 0.949. The highest BCUT2D eigenvalue weighted by atomic mass is 79.9. The van der Waals surface area contributed by atoms with Crippen molar-refractivity contribution in [2.75, 3.05) is 7.11 Å². The lowest BCUT2D eigenvalue weighted by atomic mass is 10.1. The number of nitrogens with one attached hydrogen (secondary N) is 1. The number of halogens is 1. The van der Waals surface area contributed by atoms with Crippen LogP contribution in [0, 0.1) is 0 Å². The van der Waals surface area contributed by atoms with Gasteiger partial charge in [0.25, 0.3) is 0 Å². The van der Waals surface area contributed by atoms with Crippen molar-refractivity contribution in [2.45, 2.75) is 25.4 Å². The number of ether oxygens (including phenoxy) is 1. The minimum Gasteiger partial charge on any atom is -0.497 e. The van der Waals surface area contributed by atoms with Gasteiger partial charge in [-0.1, -0.05) is 6.07 Å². The third kappa shape index (κ3) is 2.71. The molecule has 0 bridgehead atoms. The second kappa shape index (κ2) is 5.65. The van der Waals surface area contributed by atoms with Crippen molar-refractivity contribution in [1.82, 2.24) is 5.32 Å². The Hall–Kier alpha value is -0.840. The summed E-state index contributed by atoms with van der Waals surface area (Å²) in [5.41, 5.74) is 2.84. The number of fused-ring (bicyclic) bond motifs is 1. The predicted octanol–water partition coefficient (Wildman–Crippen LogP) is 4.30. The van der Waals surface area contributed by atoms with Crippen LogP contribution in [0.2, 0.25) is 0 Å². The van der Waals surface area contributed by atoms with Crippen molar-refractivity contribution in [3.8, 4) is 5.75 Å². The van der Waals surface area contributed by atoms with Crippen LogP contribution in [0.5, 0.6) is 5.75 Å². The van der Waals surface area contributed by atoms with Gasteiger partial charge in [0.15, 0.2) is 0 Å². The first-order valence-corrected chi connectivity index (χ1v) is 8.07. The molecule has 4 heteroatoms. The first-order valence-electron chi connectivity index (χ1n) is 6.40. The van der Waals surface area contributed by atoms with Gasteiger partial charge in [-0.25, -0.2) is 0 Å². The van der Waals surface area contributed by atoms with Crippen LogP contribution in [0.1, 0.15) is 28.5 Å². The van der Waals surface area contributed by atoms with Crippen molar-refractivity contribution in [3.05, 3.63) is 50.1 Å². The summed E-state index contributed by atoms with van der Waals surface area (Å²) in [6, 6.07) is 8.96. The molecule has 1 aromatic heterocycles. The maximum Gasteiger partial charge on any atom is 0.119 e. The molecule has 100 valence electrons. The van der Waals surface area contributed by atoms with E-state index in [9.17, 15) is 0 Å². The SMILES string of the molecule is COc1ccc2c(c1)C(NCc1sccc1Br)CC2. The summed E-state index contributed by atoms with van der Waals surface area (Å²) in [4.78, 5) is 1.36. The second-order valence-corrected chi connectivity index (χ2v) is 6.58. The van der Waals surface area contributed by atoms with Crippen LogP contribution in [0.15, 0.2) is 34.1 Å². The molecule has 19 heavy (non-hydrogen) atoms. The van der Waals surface area contributed by atoms with E-state index in [1.807, 2.05) is 0 Å². The Bertz CT molecular complexity index is 581. The van der Waals surface area contributed by atoms with E-state index < -0.39 is 0 Å². The van der Waals surface area contributed by atoms with Crippen LogP contribution < -0.4 is 10.1 Å². The van der Waals surface area contributed by atoms with E-state index in [1.165, 1.54) is 26.9 Å². The zero-order valence-corrected chi connectivity index (χ0v) is 13.2. The zero-order chi connectivity index (χ0) is 13.2. The Morgan fingerprint density at radius 2 is 2.32 bits per heavy atom. The van der Waals surface area contributed by atoms with Crippen molar-refractivity contribution in [2.24, 2.45) is 0 Å². The van der Waals surface area contributed by atoms with E-state index in [1.54, 1.807) is 18.4 Å². The summed E-state index contributed by atoms with van der Waals surface area (Å²) in [6.45, 7) is 0.916. The maximum absolute atomic E-state index is 5.32. The first kappa shape index (κ1) is 13.2. The first-order chi connectivity index (χ1) is 9.28. The Morgan fingerprint density at radius 1 is 1.42 bits per heavy atom. The van der Waals surface area contributed by atoms with Gasteiger partial charge in [-0.2, -0.15) is 0 Å². The Morgan fingerprint density at radius 3 is 3.05 bits per heavy atom. The highest BCUT2D eigenvalue weighted by molar-refractivity contribution is 9.10. The normalized spacial score (nSPS) is 17.5. The van der Waals surface area contributed by atoms with E-state index in [-0.39, 0.29) is 0 Å². The van der Waals surface area contributed by atoms with Gasteiger partial charge in [0.05, 0.1) is 7.11 Å². The number of rotatable bonds is 4. The molecule has 1 atom stereocenters. The number of aryl methyl sites for hydroxylation is 1. The summed E-state index contributed by atoms with van der Waals surface area (Å²) >= 11 is 5.37. The highest BCUT2D eigenvalue weighted by Crippen LogP contribution is 2.34. The molecule has 0 aliphatic heterocycles. The fourth-order valence-electron chi connectivity index (χ4n) is 2.59. The van der Waals surface area contributed by atoms with Crippen molar-refractivity contribution < 1.29 is 4.74 Å². The van der Waals surface area contributed by atoms with Crippen molar-refractivity contribution in [3.63, 3.8) is 0 Å². The molecule has 0 radical (unpaired) electrons. The van der Waals surface area contributed by atoms with E-state index in [0.717, 1.165) is 18.7 Å². The molecule has 0 fully saturated rings. The molecular weight excluding hydrogens is 322 g/mol. The van der Waals surface area contributed by atoms with Crippen LogP contribution in [-0.4, -0.2) is 7.11 Å². The summed E-state index contributed by atoms with van der Waals surface area (Å²) in [7, 11) is 1.72. The largest absolute Gasteiger partial charge is 0.497 e. The molecule has 0 amide bonds. The third-order valence-corrected chi connectivity index (χ3v) is 5.56. The monoisotopic (exact) mass is 337 g/mol. The van der Waals surface area contributed by atoms with Gasteiger partial charge in [0.1, 0.15) is 5.75 Å². The Balaban J connectivity index is 1.73. The average molecular weight is 338 g/mol. The number of methoxy groups -OCH3 is 1. The summed E-state index contributed by atoms with van der Waals surface area (Å²) < 4.78 is 6.53. The molecule has 1 aromatic carbocycles. The molecular formula is C15H16BrNOS. The second-order valence-electron chi connectivity index (χ2n) is 4.73. The molecule has 1 aliphatic carbocycles. The molecule has 1 aliphatic rings. The quantitative estimate of drug-likeness (QED) is 0.898. The molecule has 0 saturated carbocycles. The van der Waals surface area contributed by atoms with E-state index in [2.05, 4.69) is 50.9 Å². The van der Waals surface area contributed by atoms with Crippen LogP contribution >= 0.6 is 27.3 Å². The topological polar surface area (TPSA) is 21.3 Å². The van der Waals surface area contributed by atoms with E-state index >= 15 is 0 Å². The van der Waals surface area contributed by atoms with Gasteiger partial charge < -0.3 is 10.1 Å². The molecule has 0 saturated heterocycles. The number of hydrogen-bond donors (Lipinski definition) is 1. The third-order valence-electron chi connectivity index (χ3n) is 3.63. The predicted molar refractivity (Wildman–Crippen MR) is 82.9 cm³/mol. The molecule has 1 unspecified atom stereocenters. The van der Waals surface area contributed by atoms with E-state index in [0.29, 0.717) is 6.04 Å².